The average Bonchev–Trinajstić information content (AvgIpc) is 3.28. The largest absolute Gasteiger partial charge is 0.417 e. The molecular formula is C27H26F3N5O3. The minimum absolute atomic E-state index is 0.0807. The van der Waals surface area contributed by atoms with Gasteiger partial charge in [-0.15, -0.1) is 5.10 Å². The summed E-state index contributed by atoms with van der Waals surface area (Å²) in [7, 11) is 1.09. The molecule has 1 saturated carbocycles. The van der Waals surface area contributed by atoms with Gasteiger partial charge in [0.05, 0.1) is 0 Å². The van der Waals surface area contributed by atoms with Crippen molar-refractivity contribution in [2.24, 2.45) is 0 Å². The van der Waals surface area contributed by atoms with E-state index in [1.807, 2.05) is 31.2 Å². The molecule has 38 heavy (non-hydrogen) atoms. The summed E-state index contributed by atoms with van der Waals surface area (Å²) in [6.07, 6.45) is -4.69. The summed E-state index contributed by atoms with van der Waals surface area (Å²) in [6, 6.07) is 15.7. The summed E-state index contributed by atoms with van der Waals surface area (Å²) in [5.41, 5.74) is 1.15. The number of fused-ring (bicyclic) bond motifs is 1. The second-order valence-corrected chi connectivity index (χ2v) is 9.69. The van der Waals surface area contributed by atoms with Gasteiger partial charge in [0, 0.05) is 30.1 Å². The molecule has 198 valence electrons. The number of methoxy groups -OCH3 is 1. The Balaban J connectivity index is 1.38. The van der Waals surface area contributed by atoms with Crippen molar-refractivity contribution in [2.45, 2.75) is 50.9 Å². The Morgan fingerprint density at radius 3 is 2.37 bits per heavy atom. The van der Waals surface area contributed by atoms with Crippen LogP contribution >= 0.6 is 0 Å². The third-order valence-corrected chi connectivity index (χ3v) is 7.14. The number of rotatable bonds is 6. The van der Waals surface area contributed by atoms with Crippen LogP contribution in [0.1, 0.15) is 35.6 Å². The highest BCUT2D eigenvalue weighted by Crippen LogP contribution is 2.54. The predicted molar refractivity (Wildman–Crippen MR) is 135 cm³/mol. The van der Waals surface area contributed by atoms with Crippen LogP contribution in [0.3, 0.4) is 0 Å². The summed E-state index contributed by atoms with van der Waals surface area (Å²) in [5.74, 6) is -0.0862. The number of alkyl halides is 3. The molecule has 2 aromatic carbocycles. The van der Waals surface area contributed by atoms with E-state index in [9.17, 15) is 22.8 Å². The number of ether oxygens (including phenoxy) is 1. The van der Waals surface area contributed by atoms with E-state index in [-0.39, 0.29) is 48.4 Å². The third-order valence-electron chi connectivity index (χ3n) is 7.14. The minimum atomic E-state index is -4.42. The number of benzene rings is 2. The second kappa shape index (κ2) is 9.39. The molecule has 0 radical (unpaired) electrons. The lowest BCUT2D eigenvalue weighted by atomic mass is 9.67. The molecule has 5 rings (SSSR count). The zero-order chi connectivity index (χ0) is 27.2. The molecule has 2 aromatic heterocycles. The number of amides is 1. The summed E-state index contributed by atoms with van der Waals surface area (Å²) >= 11 is 0. The first-order valence-corrected chi connectivity index (χ1v) is 12.1. The van der Waals surface area contributed by atoms with Crippen LogP contribution < -0.4 is 10.9 Å². The second-order valence-electron chi connectivity index (χ2n) is 9.69. The van der Waals surface area contributed by atoms with E-state index in [1.165, 1.54) is 6.07 Å². The zero-order valence-corrected chi connectivity index (χ0v) is 21.0. The minimum Gasteiger partial charge on any atom is -0.369 e. The van der Waals surface area contributed by atoms with Gasteiger partial charge in [-0.3, -0.25) is 9.59 Å². The molecule has 1 aliphatic carbocycles. The Hall–Kier alpha value is -3.99. The van der Waals surface area contributed by atoms with E-state index < -0.39 is 11.8 Å². The molecule has 0 saturated heterocycles. The summed E-state index contributed by atoms with van der Waals surface area (Å²) < 4.78 is 47.5. The average molecular weight is 526 g/mol. The van der Waals surface area contributed by atoms with E-state index >= 15 is 0 Å². The highest BCUT2D eigenvalue weighted by molar-refractivity contribution is 5.90. The first kappa shape index (κ1) is 25.7. The van der Waals surface area contributed by atoms with Gasteiger partial charge in [0.2, 0.25) is 11.7 Å². The first-order chi connectivity index (χ1) is 18.0. The SMILES string of the molecule is COC1(C(F)(F)F)CC(c2ccc(-c3nc4n(CC(=O)Nc5ccc(C)cc5)c(C)cc(=O)n4n3)cc2)C1. The van der Waals surface area contributed by atoms with Crippen molar-refractivity contribution in [3.05, 3.63) is 81.8 Å². The van der Waals surface area contributed by atoms with Gasteiger partial charge in [-0.2, -0.15) is 22.7 Å². The predicted octanol–water partition coefficient (Wildman–Crippen LogP) is 4.64. The smallest absolute Gasteiger partial charge is 0.369 e. The maximum Gasteiger partial charge on any atom is 0.417 e. The van der Waals surface area contributed by atoms with Crippen molar-refractivity contribution < 1.29 is 22.7 Å². The number of carbonyl (C=O) groups excluding carboxylic acids is 1. The zero-order valence-electron chi connectivity index (χ0n) is 21.0. The molecule has 1 N–H and O–H groups in total. The first-order valence-electron chi connectivity index (χ1n) is 12.1. The van der Waals surface area contributed by atoms with Crippen LogP contribution in [0.25, 0.3) is 17.2 Å². The van der Waals surface area contributed by atoms with Gasteiger partial charge in [-0.05, 0) is 50.3 Å². The summed E-state index contributed by atoms with van der Waals surface area (Å²) in [5, 5.41) is 7.17. The Morgan fingerprint density at radius 1 is 1.11 bits per heavy atom. The van der Waals surface area contributed by atoms with E-state index in [0.717, 1.165) is 22.8 Å². The Kier molecular flexibility index (Phi) is 6.34. The number of carbonyl (C=O) groups is 1. The van der Waals surface area contributed by atoms with Crippen molar-refractivity contribution in [2.75, 3.05) is 12.4 Å². The van der Waals surface area contributed by atoms with E-state index in [2.05, 4.69) is 15.4 Å². The normalized spacial score (nSPS) is 19.4. The van der Waals surface area contributed by atoms with Crippen molar-refractivity contribution >= 4 is 17.4 Å². The van der Waals surface area contributed by atoms with E-state index in [0.29, 0.717) is 16.9 Å². The lowest BCUT2D eigenvalue weighted by Crippen LogP contribution is -2.55. The van der Waals surface area contributed by atoms with Crippen molar-refractivity contribution in [3.8, 4) is 11.4 Å². The van der Waals surface area contributed by atoms with Gasteiger partial charge >= 0.3 is 6.18 Å². The number of nitrogens with one attached hydrogen (secondary N) is 1. The highest BCUT2D eigenvalue weighted by atomic mass is 19.4. The number of aromatic nitrogens is 4. The Labute approximate surface area is 216 Å². The molecule has 11 heteroatoms. The fourth-order valence-corrected chi connectivity index (χ4v) is 4.79. The van der Waals surface area contributed by atoms with E-state index in [1.54, 1.807) is 35.8 Å². The van der Waals surface area contributed by atoms with Gasteiger partial charge in [0.1, 0.15) is 6.54 Å². The molecule has 8 nitrogen and oxygen atoms in total. The maximum absolute atomic E-state index is 13.3. The number of hydrogen-bond donors (Lipinski definition) is 1. The molecule has 0 bridgehead atoms. The number of aryl methyl sites for hydroxylation is 2. The molecule has 0 atom stereocenters. The van der Waals surface area contributed by atoms with E-state index in [4.69, 9.17) is 4.74 Å². The molecule has 1 aliphatic rings. The van der Waals surface area contributed by atoms with Gasteiger partial charge in [0.15, 0.2) is 11.4 Å². The monoisotopic (exact) mass is 525 g/mol. The fraction of sp³-hybridized carbons (Fsp3) is 0.333. The molecule has 0 spiro atoms. The number of anilines is 1. The van der Waals surface area contributed by atoms with Gasteiger partial charge in [-0.25, -0.2) is 0 Å². The Bertz CT molecular complexity index is 1550. The number of nitrogens with zero attached hydrogens (tertiary/aromatic N) is 4. The van der Waals surface area contributed by atoms with Gasteiger partial charge in [-0.1, -0.05) is 42.0 Å². The number of hydrogen-bond acceptors (Lipinski definition) is 5. The molecule has 0 unspecified atom stereocenters. The van der Waals surface area contributed by atoms with Crippen LogP contribution in [0.4, 0.5) is 18.9 Å². The maximum atomic E-state index is 13.3. The topological polar surface area (TPSA) is 90.5 Å². The molecule has 2 heterocycles. The lowest BCUT2D eigenvalue weighted by molar-refractivity contribution is -0.300. The van der Waals surface area contributed by atoms with Crippen LogP contribution in [0.5, 0.6) is 0 Å². The molecule has 4 aromatic rings. The Morgan fingerprint density at radius 2 is 1.76 bits per heavy atom. The van der Waals surface area contributed by atoms with Crippen LogP contribution in [0.2, 0.25) is 0 Å². The van der Waals surface area contributed by atoms with Crippen LogP contribution in [-0.2, 0) is 16.1 Å². The van der Waals surface area contributed by atoms with Crippen molar-refractivity contribution in [1.29, 1.82) is 0 Å². The van der Waals surface area contributed by atoms with Crippen molar-refractivity contribution in [3.63, 3.8) is 0 Å². The fourth-order valence-electron chi connectivity index (χ4n) is 4.79. The van der Waals surface area contributed by atoms with Crippen LogP contribution in [-0.4, -0.2) is 44.0 Å². The van der Waals surface area contributed by atoms with Crippen LogP contribution in [0, 0.1) is 13.8 Å². The van der Waals surface area contributed by atoms with Gasteiger partial charge in [0.25, 0.3) is 5.56 Å². The quantitative estimate of drug-likeness (QED) is 0.396. The molecular weight excluding hydrogens is 499 g/mol. The summed E-state index contributed by atoms with van der Waals surface area (Å²) in [6.45, 7) is 3.58. The molecule has 0 aliphatic heterocycles. The molecule has 1 amide bonds. The number of halogens is 3. The van der Waals surface area contributed by atoms with Gasteiger partial charge < -0.3 is 14.6 Å². The highest BCUT2D eigenvalue weighted by Gasteiger charge is 2.62. The lowest BCUT2D eigenvalue weighted by Gasteiger charge is -2.47. The standard InChI is InChI=1S/C27H26F3N5O3/c1-16-4-10-21(11-5-16)31-22(36)15-34-17(2)12-23(37)35-25(34)32-24(33-35)19-8-6-18(7-9-19)20-13-26(14-20,38-3)27(28,29)30/h4-12,20H,13-15H2,1-3H3,(H,31,36). The molecule has 1 fully saturated rings. The van der Waals surface area contributed by atoms with Crippen LogP contribution in [0.15, 0.2) is 59.4 Å². The third kappa shape index (κ3) is 4.58. The van der Waals surface area contributed by atoms with Crippen molar-refractivity contribution in [1.82, 2.24) is 19.2 Å². The summed E-state index contributed by atoms with van der Waals surface area (Å²) in [4.78, 5) is 29.9.